The molecule has 0 bridgehead atoms. The lowest BCUT2D eigenvalue weighted by atomic mass is 9.87. The molecule has 1 fully saturated rings. The third kappa shape index (κ3) is 4.07. The fraction of sp³-hybridized carbons (Fsp3) is 0.350. The van der Waals surface area contributed by atoms with Crippen molar-refractivity contribution in [3.8, 4) is 0 Å². The van der Waals surface area contributed by atoms with Crippen LogP contribution in [-0.2, 0) is 11.0 Å². The fourth-order valence-corrected chi connectivity index (χ4v) is 3.40. The number of nitrogens with one attached hydrogen (secondary N) is 2. The molecule has 3 unspecified atom stereocenters. The van der Waals surface area contributed by atoms with Gasteiger partial charge in [0.2, 0.25) is 5.91 Å². The first-order valence-corrected chi connectivity index (χ1v) is 8.59. The fourth-order valence-electron chi connectivity index (χ4n) is 3.40. The molecule has 1 amide bonds. The van der Waals surface area contributed by atoms with E-state index in [9.17, 15) is 18.0 Å². The van der Waals surface area contributed by atoms with Crippen LogP contribution in [0.4, 0.5) is 13.2 Å². The van der Waals surface area contributed by atoms with Gasteiger partial charge >= 0.3 is 6.18 Å². The topological polar surface area (TPSA) is 41.1 Å². The van der Waals surface area contributed by atoms with Gasteiger partial charge in [0, 0.05) is 19.0 Å². The van der Waals surface area contributed by atoms with Crippen LogP contribution in [0.1, 0.15) is 35.6 Å². The van der Waals surface area contributed by atoms with Gasteiger partial charge in [-0.1, -0.05) is 48.5 Å². The zero-order valence-corrected chi connectivity index (χ0v) is 14.4. The number of amides is 1. The Morgan fingerprint density at radius 2 is 1.85 bits per heavy atom. The molecule has 3 nitrogen and oxygen atoms in total. The van der Waals surface area contributed by atoms with E-state index in [1.807, 2.05) is 37.3 Å². The molecule has 1 heterocycles. The lowest BCUT2D eigenvalue weighted by Crippen LogP contribution is -2.36. The minimum Gasteiger partial charge on any atom is -0.349 e. The molecule has 2 N–H and O–H groups in total. The smallest absolute Gasteiger partial charge is 0.349 e. The summed E-state index contributed by atoms with van der Waals surface area (Å²) >= 11 is 0. The predicted molar refractivity (Wildman–Crippen MR) is 93.5 cm³/mol. The lowest BCUT2D eigenvalue weighted by Gasteiger charge is -2.22. The summed E-state index contributed by atoms with van der Waals surface area (Å²) in [5, 5.41) is 6.11. The highest BCUT2D eigenvalue weighted by molar-refractivity contribution is 5.81. The van der Waals surface area contributed by atoms with Gasteiger partial charge in [-0.2, -0.15) is 13.2 Å². The number of carbonyl (C=O) groups excluding carboxylic acids is 1. The normalized spacial score (nSPS) is 21.4. The van der Waals surface area contributed by atoms with Crippen LogP contribution in [0.2, 0.25) is 0 Å². The molecule has 6 heteroatoms. The molecule has 0 aromatic heterocycles. The SMILES string of the molecule is CC(NC(=O)C1CNCC1c1cccc(C(F)(F)F)c1)c1ccccc1. The maximum atomic E-state index is 13.0. The van der Waals surface area contributed by atoms with Crippen molar-refractivity contribution >= 4 is 5.91 Å². The van der Waals surface area contributed by atoms with Gasteiger partial charge in [0.25, 0.3) is 0 Å². The minimum atomic E-state index is -4.39. The van der Waals surface area contributed by atoms with Crippen LogP contribution in [0, 0.1) is 5.92 Å². The zero-order valence-electron chi connectivity index (χ0n) is 14.4. The van der Waals surface area contributed by atoms with Crippen molar-refractivity contribution in [1.82, 2.24) is 10.6 Å². The average molecular weight is 362 g/mol. The maximum absolute atomic E-state index is 13.0. The van der Waals surface area contributed by atoms with Crippen LogP contribution in [-0.4, -0.2) is 19.0 Å². The van der Waals surface area contributed by atoms with Crippen molar-refractivity contribution in [2.75, 3.05) is 13.1 Å². The van der Waals surface area contributed by atoms with Gasteiger partial charge in [0.1, 0.15) is 0 Å². The van der Waals surface area contributed by atoms with Gasteiger partial charge in [0.05, 0.1) is 17.5 Å². The first kappa shape index (κ1) is 18.5. The number of alkyl halides is 3. The van der Waals surface area contributed by atoms with Crippen LogP contribution in [0.5, 0.6) is 0 Å². The summed E-state index contributed by atoms with van der Waals surface area (Å²) < 4.78 is 38.9. The van der Waals surface area contributed by atoms with Crippen molar-refractivity contribution in [2.45, 2.75) is 25.1 Å². The Bertz CT molecular complexity index is 761. The van der Waals surface area contributed by atoms with E-state index in [0.717, 1.165) is 17.7 Å². The molecule has 3 rings (SSSR count). The van der Waals surface area contributed by atoms with Crippen LogP contribution in [0.25, 0.3) is 0 Å². The van der Waals surface area contributed by atoms with Gasteiger partial charge in [-0.25, -0.2) is 0 Å². The summed E-state index contributed by atoms with van der Waals surface area (Å²) in [6.45, 7) is 2.84. The van der Waals surface area contributed by atoms with Crippen molar-refractivity contribution in [1.29, 1.82) is 0 Å². The molecule has 3 atom stereocenters. The molecule has 138 valence electrons. The number of carbonyl (C=O) groups is 1. The summed E-state index contributed by atoms with van der Waals surface area (Å²) in [5.74, 6) is -0.821. The number of halogens is 3. The van der Waals surface area contributed by atoms with Crippen molar-refractivity contribution in [2.24, 2.45) is 5.92 Å². The molecule has 0 spiro atoms. The highest BCUT2D eigenvalue weighted by atomic mass is 19.4. The molecule has 26 heavy (non-hydrogen) atoms. The molecule has 0 saturated carbocycles. The Morgan fingerprint density at radius 1 is 1.12 bits per heavy atom. The molecular formula is C20H21F3N2O. The van der Waals surface area contributed by atoms with Gasteiger partial charge in [-0.05, 0) is 24.1 Å². The molecular weight excluding hydrogens is 341 g/mol. The number of hydrogen-bond donors (Lipinski definition) is 2. The Hall–Kier alpha value is -2.34. The molecule has 2 aromatic rings. The molecule has 1 aliphatic heterocycles. The van der Waals surface area contributed by atoms with Crippen molar-refractivity contribution in [3.63, 3.8) is 0 Å². The molecule has 0 radical (unpaired) electrons. The zero-order chi connectivity index (χ0) is 18.7. The second-order valence-electron chi connectivity index (χ2n) is 6.64. The second kappa shape index (κ2) is 7.50. The van der Waals surface area contributed by atoms with Crippen LogP contribution >= 0.6 is 0 Å². The van der Waals surface area contributed by atoms with E-state index in [2.05, 4.69) is 10.6 Å². The largest absolute Gasteiger partial charge is 0.416 e. The first-order valence-electron chi connectivity index (χ1n) is 8.59. The highest BCUT2D eigenvalue weighted by Gasteiger charge is 2.36. The number of rotatable bonds is 4. The van der Waals surface area contributed by atoms with Gasteiger partial charge in [-0.15, -0.1) is 0 Å². The maximum Gasteiger partial charge on any atom is 0.416 e. The number of benzene rings is 2. The highest BCUT2D eigenvalue weighted by Crippen LogP contribution is 2.34. The molecule has 2 aromatic carbocycles. The van der Waals surface area contributed by atoms with Crippen molar-refractivity contribution in [3.05, 3.63) is 71.3 Å². The first-order chi connectivity index (χ1) is 12.4. The van der Waals surface area contributed by atoms with Gasteiger partial charge in [-0.3, -0.25) is 4.79 Å². The van der Waals surface area contributed by atoms with E-state index in [1.54, 1.807) is 6.07 Å². The minimum absolute atomic E-state index is 0.145. The third-order valence-electron chi connectivity index (χ3n) is 4.85. The van der Waals surface area contributed by atoms with Gasteiger partial charge < -0.3 is 10.6 Å². The van der Waals surface area contributed by atoms with E-state index in [-0.39, 0.29) is 17.9 Å². The monoisotopic (exact) mass is 362 g/mol. The van der Waals surface area contributed by atoms with E-state index < -0.39 is 17.7 Å². The van der Waals surface area contributed by atoms with Crippen LogP contribution < -0.4 is 10.6 Å². The third-order valence-corrected chi connectivity index (χ3v) is 4.85. The molecule has 1 aliphatic rings. The standard InChI is InChI=1S/C20H21F3N2O/c1-13(14-6-3-2-4-7-14)25-19(26)18-12-24-11-17(18)15-8-5-9-16(10-15)20(21,22)23/h2-10,13,17-18,24H,11-12H2,1H3,(H,25,26). The van der Waals surface area contributed by atoms with Crippen LogP contribution in [0.15, 0.2) is 54.6 Å². The van der Waals surface area contributed by atoms with E-state index in [0.29, 0.717) is 18.7 Å². The summed E-state index contributed by atoms with van der Waals surface area (Å²) in [4.78, 5) is 12.7. The summed E-state index contributed by atoms with van der Waals surface area (Å²) in [5.41, 5.74) is 0.846. The molecule has 1 saturated heterocycles. The summed E-state index contributed by atoms with van der Waals surface area (Å²) in [6, 6.07) is 14.7. The van der Waals surface area contributed by atoms with Crippen molar-refractivity contribution < 1.29 is 18.0 Å². The summed E-state index contributed by atoms with van der Waals surface area (Å²) in [7, 11) is 0. The quantitative estimate of drug-likeness (QED) is 0.867. The number of hydrogen-bond acceptors (Lipinski definition) is 2. The second-order valence-corrected chi connectivity index (χ2v) is 6.64. The van der Waals surface area contributed by atoms with Gasteiger partial charge in [0.15, 0.2) is 0 Å². The Morgan fingerprint density at radius 3 is 2.54 bits per heavy atom. The summed E-state index contributed by atoms with van der Waals surface area (Å²) in [6.07, 6.45) is -4.39. The lowest BCUT2D eigenvalue weighted by molar-refractivity contribution is -0.137. The molecule has 0 aliphatic carbocycles. The van der Waals surface area contributed by atoms with E-state index in [1.165, 1.54) is 6.07 Å². The Labute approximate surface area is 150 Å². The van der Waals surface area contributed by atoms with E-state index in [4.69, 9.17) is 0 Å². The van der Waals surface area contributed by atoms with E-state index >= 15 is 0 Å². The Kier molecular flexibility index (Phi) is 5.32. The Balaban J connectivity index is 1.75. The average Bonchev–Trinajstić information content (AvgIpc) is 3.12. The predicted octanol–water partition coefficient (Wildman–Crippen LogP) is 3.89. The van der Waals surface area contributed by atoms with Crippen LogP contribution in [0.3, 0.4) is 0 Å².